The average molecular weight is 396 g/mol. The number of aromatic nitrogens is 1. The second-order valence-electron chi connectivity index (χ2n) is 7.47. The highest BCUT2D eigenvalue weighted by atomic mass is 32.2. The third kappa shape index (κ3) is 3.87. The fourth-order valence-corrected chi connectivity index (χ4v) is 5.24. The van der Waals surface area contributed by atoms with Crippen molar-refractivity contribution in [1.29, 1.82) is 0 Å². The molecule has 1 unspecified atom stereocenters. The number of aryl methyl sites for hydroxylation is 2. The molecule has 0 saturated carbocycles. The molecule has 1 aromatic heterocycles. The molecule has 0 spiro atoms. The number of nitrogens with two attached hydrogens (primary N) is 1. The van der Waals surface area contributed by atoms with Gasteiger partial charge in [0, 0.05) is 35.6 Å². The first-order valence-electron chi connectivity index (χ1n) is 9.73. The number of hydrogen-bond donors (Lipinski definition) is 1. The minimum absolute atomic E-state index is 0.300. The van der Waals surface area contributed by atoms with Gasteiger partial charge in [-0.15, -0.1) is 0 Å². The monoisotopic (exact) mass is 395 g/mol. The van der Waals surface area contributed by atoms with Crippen LogP contribution in [0.15, 0.2) is 46.9 Å². The van der Waals surface area contributed by atoms with E-state index < -0.39 is 10.8 Å². The Balaban J connectivity index is 1.74. The van der Waals surface area contributed by atoms with Crippen LogP contribution in [-0.4, -0.2) is 33.9 Å². The van der Waals surface area contributed by atoms with Gasteiger partial charge in [0.15, 0.2) is 0 Å². The van der Waals surface area contributed by atoms with E-state index in [0.717, 1.165) is 57.7 Å². The van der Waals surface area contributed by atoms with E-state index >= 15 is 0 Å². The molecule has 1 saturated heterocycles. The Bertz CT molecular complexity index is 1030. The van der Waals surface area contributed by atoms with Crippen LogP contribution in [0.25, 0.3) is 10.9 Å². The number of carbonyl (C=O) groups excluding carboxylic acids is 1. The van der Waals surface area contributed by atoms with Gasteiger partial charge in [0.1, 0.15) is 5.82 Å². The molecular weight excluding hydrogens is 370 g/mol. The largest absolute Gasteiger partial charge is 0.370 e. The number of nitrogens with zero attached hydrogens (tertiary/aromatic N) is 2. The van der Waals surface area contributed by atoms with Gasteiger partial charge >= 0.3 is 0 Å². The van der Waals surface area contributed by atoms with E-state index in [4.69, 9.17) is 10.7 Å². The zero-order chi connectivity index (χ0) is 19.7. The van der Waals surface area contributed by atoms with E-state index in [1.165, 1.54) is 0 Å². The smallest absolute Gasteiger partial charge is 0.217 e. The van der Waals surface area contributed by atoms with E-state index in [2.05, 4.69) is 42.2 Å². The lowest BCUT2D eigenvalue weighted by molar-refractivity contribution is -0.117. The second-order valence-corrected chi connectivity index (χ2v) is 9.01. The normalized spacial score (nSPS) is 19.6. The number of primary amides is 1. The highest BCUT2D eigenvalue weighted by Crippen LogP contribution is 2.30. The summed E-state index contributed by atoms with van der Waals surface area (Å²) in [6.07, 6.45) is 7.22. The summed E-state index contributed by atoms with van der Waals surface area (Å²) in [5.41, 5.74) is 9.71. The zero-order valence-electron chi connectivity index (χ0n) is 16.1. The molecule has 2 N–H and O–H groups in total. The molecule has 0 bridgehead atoms. The van der Waals surface area contributed by atoms with Crippen molar-refractivity contribution in [3.05, 3.63) is 58.0 Å². The molecule has 2 aliphatic rings. The van der Waals surface area contributed by atoms with Gasteiger partial charge in [-0.3, -0.25) is 9.00 Å². The first-order valence-corrected chi connectivity index (χ1v) is 11.0. The maximum Gasteiger partial charge on any atom is 0.217 e. The van der Waals surface area contributed by atoms with Crippen LogP contribution in [0.1, 0.15) is 30.4 Å². The highest BCUT2D eigenvalue weighted by Gasteiger charge is 2.24. The quantitative estimate of drug-likeness (QED) is 0.863. The predicted octanol–water partition coefficient (Wildman–Crippen LogP) is 3.13. The van der Waals surface area contributed by atoms with Crippen molar-refractivity contribution >= 4 is 33.4 Å². The maximum atomic E-state index is 12.6. The van der Waals surface area contributed by atoms with E-state index in [1.54, 1.807) is 0 Å². The Hall–Kier alpha value is -2.47. The van der Waals surface area contributed by atoms with Crippen molar-refractivity contribution in [2.75, 3.05) is 23.7 Å². The molecule has 4 rings (SSSR count). The van der Waals surface area contributed by atoms with Crippen molar-refractivity contribution in [2.24, 2.45) is 5.73 Å². The average Bonchev–Trinajstić information content (AvgIpc) is 2.85. The van der Waals surface area contributed by atoms with Crippen LogP contribution in [0.2, 0.25) is 0 Å². The van der Waals surface area contributed by atoms with Crippen LogP contribution in [0, 0.1) is 6.92 Å². The van der Waals surface area contributed by atoms with Gasteiger partial charge < -0.3 is 10.6 Å². The van der Waals surface area contributed by atoms with Crippen LogP contribution < -0.4 is 10.6 Å². The van der Waals surface area contributed by atoms with Gasteiger partial charge in [-0.05, 0) is 55.5 Å². The van der Waals surface area contributed by atoms with Crippen molar-refractivity contribution in [3.8, 4) is 0 Å². The highest BCUT2D eigenvalue weighted by molar-refractivity contribution is 7.89. The summed E-state index contributed by atoms with van der Waals surface area (Å²) in [5.74, 6) is 1.18. The molecule has 1 amide bonds. The third-order valence-corrected chi connectivity index (χ3v) is 6.83. The summed E-state index contributed by atoms with van der Waals surface area (Å²) in [6, 6.07) is 8.28. The van der Waals surface area contributed by atoms with Crippen LogP contribution in [-0.2, 0) is 22.0 Å². The van der Waals surface area contributed by atoms with Crippen LogP contribution in [0.4, 0.5) is 5.82 Å². The molecule has 6 heteroatoms. The number of carbonyl (C=O) groups is 1. The van der Waals surface area contributed by atoms with Crippen molar-refractivity contribution in [2.45, 2.75) is 32.6 Å². The molecule has 1 aromatic carbocycles. The van der Waals surface area contributed by atoms with E-state index in [9.17, 15) is 9.00 Å². The summed E-state index contributed by atoms with van der Waals surface area (Å²) in [4.78, 5) is 19.5. The van der Waals surface area contributed by atoms with Crippen molar-refractivity contribution in [1.82, 2.24) is 4.98 Å². The predicted molar refractivity (Wildman–Crippen MR) is 115 cm³/mol. The molecule has 1 atom stereocenters. The lowest BCUT2D eigenvalue weighted by atomic mass is 10.0. The van der Waals surface area contributed by atoms with Crippen molar-refractivity contribution in [3.63, 3.8) is 0 Å². The first kappa shape index (κ1) is 18.9. The van der Waals surface area contributed by atoms with Gasteiger partial charge in [-0.2, -0.15) is 0 Å². The zero-order valence-corrected chi connectivity index (χ0v) is 16.9. The van der Waals surface area contributed by atoms with Crippen molar-refractivity contribution < 1.29 is 9.00 Å². The van der Waals surface area contributed by atoms with Crippen LogP contribution >= 0.6 is 0 Å². The van der Waals surface area contributed by atoms with Gasteiger partial charge in [0.25, 0.3) is 0 Å². The fraction of sp³-hybridized carbons (Fsp3) is 0.364. The lowest BCUT2D eigenvalue weighted by Gasteiger charge is -2.24. The van der Waals surface area contributed by atoms with Crippen LogP contribution in [0.5, 0.6) is 0 Å². The number of fused-ring (bicyclic) bond motifs is 2. The molecular formula is C22H25N3O2S. The summed E-state index contributed by atoms with van der Waals surface area (Å²) < 4.78 is 12.6. The molecule has 2 aromatic rings. The Labute approximate surface area is 167 Å². The minimum Gasteiger partial charge on any atom is -0.370 e. The number of hydrogen-bond acceptors (Lipinski definition) is 4. The third-order valence-electron chi connectivity index (χ3n) is 5.36. The second kappa shape index (κ2) is 7.87. The maximum absolute atomic E-state index is 12.6. The van der Waals surface area contributed by atoms with Gasteiger partial charge in [-0.25, -0.2) is 4.98 Å². The Morgan fingerprint density at radius 3 is 2.89 bits per heavy atom. The number of rotatable bonds is 4. The molecule has 1 aliphatic heterocycles. The SMILES string of the molecule is Cc1ccc2nc(N3CCS(=O)C4=CCCC=C4C3)cc(CCC(N)=O)c2c1. The molecule has 1 aliphatic carbocycles. The summed E-state index contributed by atoms with van der Waals surface area (Å²) >= 11 is 0. The first-order chi connectivity index (χ1) is 13.5. The molecule has 146 valence electrons. The van der Waals surface area contributed by atoms with E-state index in [1.807, 2.05) is 6.07 Å². The number of benzene rings is 1. The Kier molecular flexibility index (Phi) is 5.31. The molecule has 28 heavy (non-hydrogen) atoms. The number of amides is 1. The topological polar surface area (TPSA) is 76.3 Å². The Morgan fingerprint density at radius 2 is 2.07 bits per heavy atom. The van der Waals surface area contributed by atoms with Gasteiger partial charge in [0.2, 0.25) is 5.91 Å². The molecule has 5 nitrogen and oxygen atoms in total. The standard InChI is InChI=1S/C22H25N3O2S/c1-15-6-8-19-18(12-15)16(7-9-21(23)26)13-22(24-19)25-10-11-28(27)20-5-3-2-4-17(20)14-25/h4-6,8,12-13H,2-3,7,9-11,14H2,1H3,(H2,23,26). The summed E-state index contributed by atoms with van der Waals surface area (Å²) in [7, 11) is -0.952. The van der Waals surface area contributed by atoms with Gasteiger partial charge in [-0.1, -0.05) is 23.8 Å². The number of allylic oxidation sites excluding steroid dienone is 2. The molecule has 2 heterocycles. The van der Waals surface area contributed by atoms with Gasteiger partial charge in [0.05, 0.1) is 16.3 Å². The van der Waals surface area contributed by atoms with Crippen LogP contribution in [0.3, 0.4) is 0 Å². The Morgan fingerprint density at radius 1 is 1.25 bits per heavy atom. The number of pyridine rings is 1. The fourth-order valence-electron chi connectivity index (χ4n) is 3.89. The van der Waals surface area contributed by atoms with E-state index in [0.29, 0.717) is 25.1 Å². The molecule has 0 radical (unpaired) electrons. The lowest BCUT2D eigenvalue weighted by Crippen LogP contribution is -2.28. The van der Waals surface area contributed by atoms with E-state index in [-0.39, 0.29) is 5.91 Å². The summed E-state index contributed by atoms with van der Waals surface area (Å²) in [6.45, 7) is 3.47. The minimum atomic E-state index is -0.952. The summed E-state index contributed by atoms with van der Waals surface area (Å²) in [5, 5.41) is 1.07. The number of anilines is 1. The molecule has 1 fully saturated rings.